The van der Waals surface area contributed by atoms with E-state index in [-0.39, 0.29) is 0 Å². The highest BCUT2D eigenvalue weighted by Gasteiger charge is 2.24. The number of nitrogens with zero attached hydrogens (tertiary/aromatic N) is 1. The molecule has 0 spiro atoms. The summed E-state index contributed by atoms with van der Waals surface area (Å²) in [7, 11) is 2.27. The molecular weight excluding hydrogens is 206 g/mol. The predicted molar refractivity (Wildman–Crippen MR) is 79.4 cm³/mol. The lowest BCUT2D eigenvalue weighted by Crippen LogP contribution is -2.31. The minimum absolute atomic E-state index is 0.447. The zero-order valence-electron chi connectivity index (χ0n) is 13.6. The van der Waals surface area contributed by atoms with E-state index in [1.807, 2.05) is 0 Å². The Balaban J connectivity index is 4.40. The summed E-state index contributed by atoms with van der Waals surface area (Å²) in [6, 6.07) is 0. The third-order valence-corrected chi connectivity index (χ3v) is 2.98. The van der Waals surface area contributed by atoms with E-state index in [1.54, 1.807) is 0 Å². The van der Waals surface area contributed by atoms with Gasteiger partial charge >= 0.3 is 0 Å². The molecule has 0 unspecified atom stereocenters. The van der Waals surface area contributed by atoms with Crippen LogP contribution >= 0.6 is 0 Å². The van der Waals surface area contributed by atoms with E-state index < -0.39 is 0 Å². The van der Waals surface area contributed by atoms with E-state index >= 15 is 0 Å². The Bertz CT molecular complexity index is 179. The molecule has 0 heterocycles. The van der Waals surface area contributed by atoms with Gasteiger partial charge in [0.2, 0.25) is 0 Å². The molecule has 0 N–H and O–H groups in total. The van der Waals surface area contributed by atoms with Gasteiger partial charge in [-0.3, -0.25) is 0 Å². The molecule has 0 rings (SSSR count). The van der Waals surface area contributed by atoms with Gasteiger partial charge in [-0.05, 0) is 49.6 Å². The molecule has 0 fully saturated rings. The Morgan fingerprint density at radius 1 is 0.882 bits per heavy atom. The van der Waals surface area contributed by atoms with Crippen LogP contribution in [0.3, 0.4) is 0 Å². The van der Waals surface area contributed by atoms with Crippen LogP contribution in [0.5, 0.6) is 0 Å². The summed E-state index contributed by atoms with van der Waals surface area (Å²) in [6.07, 6.45) is 3.92. The summed E-state index contributed by atoms with van der Waals surface area (Å²) in [6.45, 7) is 18.9. The van der Waals surface area contributed by atoms with Crippen LogP contribution in [-0.4, -0.2) is 25.0 Å². The molecule has 0 aromatic heterocycles. The zero-order valence-corrected chi connectivity index (χ0v) is 13.6. The highest BCUT2D eigenvalue weighted by molar-refractivity contribution is 4.76. The van der Waals surface area contributed by atoms with Gasteiger partial charge in [0.15, 0.2) is 0 Å². The fourth-order valence-corrected chi connectivity index (χ4v) is 2.85. The second-order valence-corrected chi connectivity index (χ2v) is 8.16. The molecule has 0 bridgehead atoms. The van der Waals surface area contributed by atoms with Crippen LogP contribution < -0.4 is 0 Å². The molecule has 0 aliphatic carbocycles. The molecule has 0 saturated heterocycles. The molecule has 0 aliphatic heterocycles. The van der Waals surface area contributed by atoms with Gasteiger partial charge in [-0.1, -0.05) is 48.5 Å². The average molecular weight is 241 g/mol. The van der Waals surface area contributed by atoms with E-state index in [1.165, 1.54) is 32.4 Å². The molecule has 17 heavy (non-hydrogen) atoms. The van der Waals surface area contributed by atoms with Gasteiger partial charge in [0.25, 0.3) is 0 Å². The lowest BCUT2D eigenvalue weighted by molar-refractivity contribution is 0.169. The number of rotatable bonds is 6. The van der Waals surface area contributed by atoms with Crippen molar-refractivity contribution in [1.29, 1.82) is 0 Å². The minimum atomic E-state index is 0.447. The molecule has 0 aromatic carbocycles. The molecule has 0 atom stereocenters. The van der Waals surface area contributed by atoms with E-state index in [0.717, 1.165) is 5.92 Å². The van der Waals surface area contributed by atoms with Crippen LogP contribution in [0.25, 0.3) is 0 Å². The summed E-state index contributed by atoms with van der Waals surface area (Å²) >= 11 is 0. The number of hydrogen-bond acceptors (Lipinski definition) is 1. The van der Waals surface area contributed by atoms with Crippen molar-refractivity contribution in [2.75, 3.05) is 20.1 Å². The fraction of sp³-hybridized carbons (Fsp3) is 1.00. The van der Waals surface area contributed by atoms with Crippen molar-refractivity contribution < 1.29 is 0 Å². The van der Waals surface area contributed by atoms with Crippen LogP contribution in [0.4, 0.5) is 0 Å². The van der Waals surface area contributed by atoms with Gasteiger partial charge in [-0.15, -0.1) is 0 Å². The van der Waals surface area contributed by atoms with E-state index in [0.29, 0.717) is 10.8 Å². The van der Waals surface area contributed by atoms with Gasteiger partial charge in [0, 0.05) is 6.54 Å². The molecule has 0 amide bonds. The van der Waals surface area contributed by atoms with Gasteiger partial charge in [0.05, 0.1) is 0 Å². The Morgan fingerprint density at radius 3 is 1.59 bits per heavy atom. The topological polar surface area (TPSA) is 3.24 Å². The van der Waals surface area contributed by atoms with Crippen LogP contribution in [0.1, 0.15) is 67.7 Å². The normalized spacial score (nSPS) is 13.8. The van der Waals surface area contributed by atoms with E-state index in [2.05, 4.69) is 60.4 Å². The summed E-state index contributed by atoms with van der Waals surface area (Å²) in [5, 5.41) is 0. The molecule has 0 aliphatic rings. The molecule has 0 saturated carbocycles. The third kappa shape index (κ3) is 10.8. The maximum Gasteiger partial charge on any atom is 0.000700 e. The van der Waals surface area contributed by atoms with E-state index in [4.69, 9.17) is 0 Å². The summed E-state index contributed by atoms with van der Waals surface area (Å²) in [4.78, 5) is 2.50. The fourth-order valence-electron chi connectivity index (χ4n) is 2.85. The van der Waals surface area contributed by atoms with E-state index in [9.17, 15) is 0 Å². The quantitative estimate of drug-likeness (QED) is 0.644. The third-order valence-electron chi connectivity index (χ3n) is 2.98. The lowest BCUT2D eigenvalue weighted by atomic mass is 9.76. The van der Waals surface area contributed by atoms with Crippen molar-refractivity contribution in [3.8, 4) is 0 Å². The molecular formula is C16H35N. The standard InChI is InChI=1S/C16H35N/c1-9-10-17(8)13-14(11-15(2,3)4)12-16(5,6)7/h14H,9-13H2,1-8H3. The van der Waals surface area contributed by atoms with Gasteiger partial charge < -0.3 is 4.90 Å². The first-order valence-corrected chi connectivity index (χ1v) is 7.22. The van der Waals surface area contributed by atoms with Crippen molar-refractivity contribution in [2.24, 2.45) is 16.7 Å². The van der Waals surface area contributed by atoms with Crippen molar-refractivity contribution >= 4 is 0 Å². The SMILES string of the molecule is CCCN(C)CC(CC(C)(C)C)CC(C)(C)C. The lowest BCUT2D eigenvalue weighted by Gasteiger charge is -2.33. The van der Waals surface area contributed by atoms with Gasteiger partial charge in [-0.25, -0.2) is 0 Å². The summed E-state index contributed by atoms with van der Waals surface area (Å²) in [5.41, 5.74) is 0.895. The minimum Gasteiger partial charge on any atom is -0.306 e. The Morgan fingerprint density at radius 2 is 1.29 bits per heavy atom. The maximum absolute atomic E-state index is 2.50. The average Bonchev–Trinajstić information content (AvgIpc) is 1.96. The Labute approximate surface area is 110 Å². The monoisotopic (exact) mass is 241 g/mol. The highest BCUT2D eigenvalue weighted by atomic mass is 15.1. The van der Waals surface area contributed by atoms with Crippen LogP contribution in [0.2, 0.25) is 0 Å². The second-order valence-electron chi connectivity index (χ2n) is 8.16. The zero-order chi connectivity index (χ0) is 13.7. The molecule has 1 heteroatoms. The molecule has 1 nitrogen and oxygen atoms in total. The van der Waals surface area contributed by atoms with Crippen molar-refractivity contribution in [3.63, 3.8) is 0 Å². The molecule has 0 aromatic rings. The first-order chi connectivity index (χ1) is 7.53. The predicted octanol–water partition coefficient (Wildman–Crippen LogP) is 4.82. The smallest absolute Gasteiger partial charge is 0.000700 e. The number of hydrogen-bond donors (Lipinski definition) is 0. The van der Waals surface area contributed by atoms with Gasteiger partial charge in [-0.2, -0.15) is 0 Å². The van der Waals surface area contributed by atoms with Gasteiger partial charge in [0.1, 0.15) is 0 Å². The summed E-state index contributed by atoms with van der Waals surface area (Å²) < 4.78 is 0. The van der Waals surface area contributed by atoms with Crippen LogP contribution in [0.15, 0.2) is 0 Å². The first kappa shape index (κ1) is 17.0. The maximum atomic E-state index is 2.50. The van der Waals surface area contributed by atoms with Crippen LogP contribution in [-0.2, 0) is 0 Å². The van der Waals surface area contributed by atoms with Crippen molar-refractivity contribution in [2.45, 2.75) is 67.7 Å². The second kappa shape index (κ2) is 6.78. The first-order valence-electron chi connectivity index (χ1n) is 7.22. The van der Waals surface area contributed by atoms with Crippen LogP contribution in [0, 0.1) is 16.7 Å². The largest absolute Gasteiger partial charge is 0.306 e. The van der Waals surface area contributed by atoms with Crippen molar-refractivity contribution in [3.05, 3.63) is 0 Å². The molecule has 104 valence electrons. The molecule has 0 radical (unpaired) electrons. The highest BCUT2D eigenvalue weighted by Crippen LogP contribution is 2.33. The summed E-state index contributed by atoms with van der Waals surface area (Å²) in [5.74, 6) is 0.826. The van der Waals surface area contributed by atoms with Crippen molar-refractivity contribution in [1.82, 2.24) is 4.90 Å². The Kier molecular flexibility index (Phi) is 6.76. The Hall–Kier alpha value is -0.0400.